The van der Waals surface area contributed by atoms with Gasteiger partial charge in [-0.25, -0.2) is 4.39 Å². The van der Waals surface area contributed by atoms with Gasteiger partial charge in [0.1, 0.15) is 17.6 Å². The van der Waals surface area contributed by atoms with Crippen molar-refractivity contribution < 1.29 is 19.1 Å². The topological polar surface area (TPSA) is 57.6 Å². The highest BCUT2D eigenvalue weighted by atomic mass is 35.5. The lowest BCUT2D eigenvalue weighted by atomic mass is 9.99. The summed E-state index contributed by atoms with van der Waals surface area (Å²) in [7, 11) is 0. The van der Waals surface area contributed by atoms with Crippen molar-refractivity contribution in [3.8, 4) is 0 Å². The van der Waals surface area contributed by atoms with E-state index in [-0.39, 0.29) is 16.9 Å². The summed E-state index contributed by atoms with van der Waals surface area (Å²) in [5.41, 5.74) is 1.51. The Bertz CT molecular complexity index is 1140. The predicted molar refractivity (Wildman–Crippen MR) is 112 cm³/mol. The number of amides is 1. The fourth-order valence-electron chi connectivity index (χ4n) is 3.31. The number of carbonyl (C=O) groups excluding carboxylic acids is 2. The summed E-state index contributed by atoms with van der Waals surface area (Å²) < 4.78 is 13.3. The third-order valence-corrected chi connectivity index (χ3v) is 6.14. The summed E-state index contributed by atoms with van der Waals surface area (Å²) in [6, 6.07) is 13.0. The molecule has 0 bridgehead atoms. The van der Waals surface area contributed by atoms with E-state index in [0.717, 1.165) is 5.56 Å². The number of rotatable bonds is 3. The second-order valence-electron chi connectivity index (χ2n) is 6.62. The number of anilines is 1. The highest BCUT2D eigenvalue weighted by molar-refractivity contribution is 7.10. The summed E-state index contributed by atoms with van der Waals surface area (Å²) in [5, 5.41) is 13.2. The van der Waals surface area contributed by atoms with Crippen molar-refractivity contribution in [1.29, 1.82) is 0 Å². The third kappa shape index (κ3) is 3.34. The van der Waals surface area contributed by atoms with Crippen molar-refractivity contribution in [3.05, 3.63) is 92.4 Å². The Morgan fingerprint density at radius 1 is 1.14 bits per heavy atom. The van der Waals surface area contributed by atoms with Crippen LogP contribution in [-0.4, -0.2) is 16.8 Å². The Kier molecular flexibility index (Phi) is 4.98. The van der Waals surface area contributed by atoms with Crippen molar-refractivity contribution in [3.63, 3.8) is 0 Å². The minimum atomic E-state index is -0.807. The van der Waals surface area contributed by atoms with Crippen molar-refractivity contribution in [2.75, 3.05) is 4.90 Å². The van der Waals surface area contributed by atoms with Gasteiger partial charge in [0.15, 0.2) is 0 Å². The zero-order valence-electron chi connectivity index (χ0n) is 15.2. The SMILES string of the molecule is Cc1ccc(N2C(=O)C(=O)/C(=C(\O)c3ccc(F)cc3)C2c2cccs2)cc1Cl. The summed E-state index contributed by atoms with van der Waals surface area (Å²) >= 11 is 7.61. The number of aryl methyl sites for hydroxylation is 1. The second-order valence-corrected chi connectivity index (χ2v) is 8.01. The Balaban J connectivity index is 1.92. The number of halogens is 2. The smallest absolute Gasteiger partial charge is 0.300 e. The summed E-state index contributed by atoms with van der Waals surface area (Å²) in [6.45, 7) is 1.84. The lowest BCUT2D eigenvalue weighted by Crippen LogP contribution is -2.29. The predicted octanol–water partition coefficient (Wildman–Crippen LogP) is 5.48. The maximum Gasteiger partial charge on any atom is 0.300 e. The molecule has 1 saturated heterocycles. The van der Waals surface area contributed by atoms with Gasteiger partial charge in [-0.15, -0.1) is 11.3 Å². The van der Waals surface area contributed by atoms with Crippen LogP contribution in [0.1, 0.15) is 22.0 Å². The van der Waals surface area contributed by atoms with Gasteiger partial charge in [-0.2, -0.15) is 0 Å². The number of hydrogen-bond donors (Lipinski definition) is 1. The molecule has 7 heteroatoms. The number of benzene rings is 2. The first-order valence-corrected chi connectivity index (χ1v) is 10.0. The number of aliphatic hydroxyl groups is 1. The van der Waals surface area contributed by atoms with E-state index >= 15 is 0 Å². The van der Waals surface area contributed by atoms with E-state index in [4.69, 9.17) is 11.6 Å². The standard InChI is InChI=1S/C22H15ClFNO3S/c1-12-4-9-15(11-16(12)23)25-19(17-3-2-10-29-17)18(21(27)22(25)28)20(26)13-5-7-14(24)8-6-13/h2-11,19,26H,1H3/b20-18-. The molecule has 29 heavy (non-hydrogen) atoms. The van der Waals surface area contributed by atoms with Gasteiger partial charge in [-0.1, -0.05) is 23.7 Å². The number of nitrogens with zero attached hydrogens (tertiary/aromatic N) is 1. The molecule has 1 aliphatic heterocycles. The monoisotopic (exact) mass is 427 g/mol. The molecule has 4 nitrogen and oxygen atoms in total. The minimum Gasteiger partial charge on any atom is -0.507 e. The van der Waals surface area contributed by atoms with E-state index in [9.17, 15) is 19.1 Å². The fourth-order valence-corrected chi connectivity index (χ4v) is 4.31. The molecule has 0 spiro atoms. The van der Waals surface area contributed by atoms with Crippen LogP contribution < -0.4 is 4.90 Å². The lowest BCUT2D eigenvalue weighted by molar-refractivity contribution is -0.132. The number of thiophene rings is 1. The summed E-state index contributed by atoms with van der Waals surface area (Å²) in [4.78, 5) is 27.9. The largest absolute Gasteiger partial charge is 0.507 e. The average molecular weight is 428 g/mol. The van der Waals surface area contributed by atoms with Crippen LogP contribution in [0.5, 0.6) is 0 Å². The molecular formula is C22H15ClFNO3S. The highest BCUT2D eigenvalue weighted by Crippen LogP contribution is 2.44. The van der Waals surface area contributed by atoms with Gasteiger partial charge >= 0.3 is 0 Å². The van der Waals surface area contributed by atoms with E-state index in [1.54, 1.807) is 30.3 Å². The molecule has 1 aromatic heterocycles. The zero-order chi connectivity index (χ0) is 20.7. The maximum absolute atomic E-state index is 13.3. The Hall–Kier alpha value is -2.96. The third-order valence-electron chi connectivity index (χ3n) is 4.81. The molecule has 1 amide bonds. The molecule has 1 unspecified atom stereocenters. The van der Waals surface area contributed by atoms with Gasteiger partial charge < -0.3 is 5.11 Å². The van der Waals surface area contributed by atoms with Crippen molar-refractivity contribution >= 4 is 46.1 Å². The molecular weight excluding hydrogens is 413 g/mol. The van der Waals surface area contributed by atoms with Gasteiger partial charge in [0, 0.05) is 21.2 Å². The first kappa shape index (κ1) is 19.4. The summed E-state index contributed by atoms with van der Waals surface area (Å²) in [6.07, 6.45) is 0. The van der Waals surface area contributed by atoms with E-state index in [2.05, 4.69) is 0 Å². The normalized spacial score (nSPS) is 18.4. The molecule has 1 fully saturated rings. The Labute approximate surface area is 175 Å². The molecule has 0 radical (unpaired) electrons. The van der Waals surface area contributed by atoms with Crippen LogP contribution in [0.3, 0.4) is 0 Å². The first-order valence-electron chi connectivity index (χ1n) is 8.75. The molecule has 0 aliphatic carbocycles. The van der Waals surface area contributed by atoms with Gasteiger partial charge in [0.05, 0.1) is 5.57 Å². The minimum absolute atomic E-state index is 0.0410. The van der Waals surface area contributed by atoms with Crippen LogP contribution in [0.4, 0.5) is 10.1 Å². The number of aliphatic hydroxyl groups excluding tert-OH is 1. The Morgan fingerprint density at radius 3 is 2.48 bits per heavy atom. The van der Waals surface area contributed by atoms with Crippen LogP contribution in [0.2, 0.25) is 5.02 Å². The summed E-state index contributed by atoms with van der Waals surface area (Å²) in [5.74, 6) is -2.37. The average Bonchev–Trinajstić information content (AvgIpc) is 3.32. The molecule has 1 N–H and O–H groups in total. The van der Waals surface area contributed by atoms with Crippen molar-refractivity contribution in [2.24, 2.45) is 0 Å². The molecule has 0 saturated carbocycles. The molecule has 1 aliphatic rings. The van der Waals surface area contributed by atoms with Crippen LogP contribution in [0.15, 0.2) is 65.6 Å². The van der Waals surface area contributed by atoms with Crippen LogP contribution in [-0.2, 0) is 9.59 Å². The quantitative estimate of drug-likeness (QED) is 0.342. The number of carbonyl (C=O) groups is 2. The molecule has 3 aromatic rings. The van der Waals surface area contributed by atoms with E-state index < -0.39 is 23.5 Å². The molecule has 146 valence electrons. The van der Waals surface area contributed by atoms with E-state index in [1.807, 2.05) is 12.3 Å². The Morgan fingerprint density at radius 2 is 1.86 bits per heavy atom. The van der Waals surface area contributed by atoms with Crippen molar-refractivity contribution in [2.45, 2.75) is 13.0 Å². The second kappa shape index (κ2) is 7.46. The molecule has 2 aromatic carbocycles. The highest BCUT2D eigenvalue weighted by Gasteiger charge is 2.47. The maximum atomic E-state index is 13.3. The van der Waals surface area contributed by atoms with Gasteiger partial charge in [-0.05, 0) is 60.3 Å². The number of hydrogen-bond acceptors (Lipinski definition) is 4. The van der Waals surface area contributed by atoms with Gasteiger partial charge in [0.25, 0.3) is 11.7 Å². The number of ketones is 1. The van der Waals surface area contributed by atoms with Crippen LogP contribution in [0.25, 0.3) is 5.76 Å². The molecule has 2 heterocycles. The lowest BCUT2D eigenvalue weighted by Gasteiger charge is -2.24. The number of Topliss-reactive ketones (excluding diaryl/α,β-unsaturated/α-hetero) is 1. The molecule has 1 atom stereocenters. The van der Waals surface area contributed by atoms with Crippen LogP contribution in [0, 0.1) is 12.7 Å². The van der Waals surface area contributed by atoms with Crippen LogP contribution >= 0.6 is 22.9 Å². The molecule has 4 rings (SSSR count). The van der Waals surface area contributed by atoms with Gasteiger partial charge in [0.2, 0.25) is 0 Å². The van der Waals surface area contributed by atoms with Crippen molar-refractivity contribution in [1.82, 2.24) is 0 Å². The fraction of sp³-hybridized carbons (Fsp3) is 0.0909. The van der Waals surface area contributed by atoms with E-state index in [0.29, 0.717) is 15.6 Å². The van der Waals surface area contributed by atoms with E-state index in [1.165, 1.54) is 40.5 Å². The first-order chi connectivity index (χ1) is 13.9. The van der Waals surface area contributed by atoms with Gasteiger partial charge in [-0.3, -0.25) is 14.5 Å². The zero-order valence-corrected chi connectivity index (χ0v) is 16.8.